The summed E-state index contributed by atoms with van der Waals surface area (Å²) in [4.78, 5) is 3.88. The van der Waals surface area contributed by atoms with E-state index in [0.29, 0.717) is 21.7 Å². The van der Waals surface area contributed by atoms with Crippen LogP contribution in [0.2, 0.25) is 0 Å². The number of nitrogens with zero attached hydrogens (tertiary/aromatic N) is 2. The molecule has 2 rings (SSSR count). The lowest BCUT2D eigenvalue weighted by Crippen LogP contribution is -1.87. The van der Waals surface area contributed by atoms with Crippen molar-refractivity contribution in [2.75, 3.05) is 0 Å². The van der Waals surface area contributed by atoms with E-state index in [2.05, 4.69) is 11.1 Å². The molecule has 2 aromatic rings. The van der Waals surface area contributed by atoms with Gasteiger partial charge in [-0.25, -0.2) is 4.39 Å². The molecular formula is C14H8ClFN2. The Kier molecular flexibility index (Phi) is 3.71. The smallest absolute Gasteiger partial charge is 0.123 e. The normalized spacial score (nSPS) is 11.6. The first-order valence-electron chi connectivity index (χ1n) is 5.18. The Morgan fingerprint density at radius 1 is 1.06 bits per heavy atom. The third kappa shape index (κ3) is 2.55. The van der Waals surface area contributed by atoms with Gasteiger partial charge in [0.25, 0.3) is 0 Å². The molecule has 2 nitrogen and oxygen atoms in total. The van der Waals surface area contributed by atoms with Crippen molar-refractivity contribution in [2.45, 2.75) is 0 Å². The average molecular weight is 259 g/mol. The number of hydrogen-bond acceptors (Lipinski definition) is 2. The Morgan fingerprint density at radius 2 is 1.67 bits per heavy atom. The molecule has 0 aliphatic carbocycles. The Bertz CT molecular complexity index is 612. The second-order valence-electron chi connectivity index (χ2n) is 3.54. The molecule has 0 bridgehead atoms. The molecular weight excluding hydrogens is 251 g/mol. The molecule has 1 aromatic heterocycles. The molecule has 0 fully saturated rings. The van der Waals surface area contributed by atoms with Crippen molar-refractivity contribution >= 4 is 22.2 Å². The lowest BCUT2D eigenvalue weighted by atomic mass is 10.0. The fourth-order valence-corrected chi connectivity index (χ4v) is 1.78. The molecule has 0 N–H and O–H groups in total. The van der Waals surface area contributed by atoms with E-state index in [0.717, 1.165) is 0 Å². The van der Waals surface area contributed by atoms with Crippen molar-refractivity contribution < 1.29 is 4.39 Å². The quantitative estimate of drug-likeness (QED) is 0.767. The van der Waals surface area contributed by atoms with Crippen LogP contribution in [0.15, 0.2) is 48.8 Å². The molecule has 0 atom stereocenters. The highest BCUT2D eigenvalue weighted by molar-refractivity contribution is 6.53. The number of rotatable bonds is 2. The van der Waals surface area contributed by atoms with Gasteiger partial charge in [-0.2, -0.15) is 5.26 Å². The zero-order valence-electron chi connectivity index (χ0n) is 9.27. The van der Waals surface area contributed by atoms with Crippen LogP contribution in [0.5, 0.6) is 0 Å². The Morgan fingerprint density at radius 3 is 2.22 bits per heavy atom. The van der Waals surface area contributed by atoms with Gasteiger partial charge in [0.15, 0.2) is 0 Å². The summed E-state index contributed by atoms with van der Waals surface area (Å²) in [6.07, 6.45) is 3.17. The van der Waals surface area contributed by atoms with Crippen LogP contribution in [0.3, 0.4) is 0 Å². The first-order valence-corrected chi connectivity index (χ1v) is 5.56. The molecule has 18 heavy (non-hydrogen) atoms. The third-order valence-corrected chi connectivity index (χ3v) is 2.81. The zero-order valence-corrected chi connectivity index (χ0v) is 10.0. The predicted molar refractivity (Wildman–Crippen MR) is 68.9 cm³/mol. The van der Waals surface area contributed by atoms with E-state index in [1.54, 1.807) is 24.5 Å². The molecule has 0 saturated carbocycles. The Balaban J connectivity index is 2.51. The second kappa shape index (κ2) is 5.44. The van der Waals surface area contributed by atoms with Gasteiger partial charge in [-0.15, -0.1) is 0 Å². The SMILES string of the molecule is N#CC(=C(Cl)c1ccc(F)cc1)c1ccncc1. The van der Waals surface area contributed by atoms with Crippen molar-refractivity contribution in [3.05, 3.63) is 65.7 Å². The van der Waals surface area contributed by atoms with Crippen molar-refractivity contribution in [2.24, 2.45) is 0 Å². The van der Waals surface area contributed by atoms with Crippen LogP contribution < -0.4 is 0 Å². The third-order valence-electron chi connectivity index (χ3n) is 2.40. The number of benzene rings is 1. The first-order chi connectivity index (χ1) is 8.72. The molecule has 1 aromatic carbocycles. The molecule has 0 spiro atoms. The minimum Gasteiger partial charge on any atom is -0.265 e. The van der Waals surface area contributed by atoms with Gasteiger partial charge < -0.3 is 0 Å². The van der Waals surface area contributed by atoms with E-state index in [1.165, 1.54) is 24.3 Å². The highest BCUT2D eigenvalue weighted by Crippen LogP contribution is 2.28. The predicted octanol–water partition coefficient (Wildman–Crippen LogP) is 3.85. The molecule has 1 heterocycles. The van der Waals surface area contributed by atoms with Crippen molar-refractivity contribution in [1.29, 1.82) is 5.26 Å². The van der Waals surface area contributed by atoms with Crippen LogP contribution in [0.25, 0.3) is 10.6 Å². The molecule has 88 valence electrons. The van der Waals surface area contributed by atoms with Crippen LogP contribution in [-0.4, -0.2) is 4.98 Å². The molecule has 0 amide bonds. The van der Waals surface area contributed by atoms with Crippen LogP contribution in [0.1, 0.15) is 11.1 Å². The number of allylic oxidation sites excluding steroid dienone is 1. The summed E-state index contributed by atoms with van der Waals surface area (Å²) in [5.74, 6) is -0.342. The van der Waals surface area contributed by atoms with Crippen molar-refractivity contribution in [3.63, 3.8) is 0 Å². The van der Waals surface area contributed by atoms with E-state index in [1.807, 2.05) is 0 Å². The first kappa shape index (κ1) is 12.3. The summed E-state index contributed by atoms with van der Waals surface area (Å²) in [5, 5.41) is 9.47. The van der Waals surface area contributed by atoms with Gasteiger partial charge in [0, 0.05) is 12.4 Å². The number of hydrogen-bond donors (Lipinski definition) is 0. The zero-order chi connectivity index (χ0) is 13.0. The van der Waals surface area contributed by atoms with Gasteiger partial charge in [0.1, 0.15) is 11.9 Å². The monoisotopic (exact) mass is 258 g/mol. The maximum absolute atomic E-state index is 12.8. The van der Waals surface area contributed by atoms with Crippen LogP contribution in [0, 0.1) is 17.1 Å². The summed E-state index contributed by atoms with van der Waals surface area (Å²) < 4.78 is 12.8. The Labute approximate surface area is 109 Å². The summed E-state index contributed by atoms with van der Waals surface area (Å²) in [7, 11) is 0. The van der Waals surface area contributed by atoms with Crippen molar-refractivity contribution in [1.82, 2.24) is 4.98 Å². The maximum Gasteiger partial charge on any atom is 0.123 e. The van der Waals surface area contributed by atoms with E-state index < -0.39 is 0 Å². The largest absolute Gasteiger partial charge is 0.265 e. The molecule has 0 saturated heterocycles. The fraction of sp³-hybridized carbons (Fsp3) is 0. The highest BCUT2D eigenvalue weighted by Gasteiger charge is 2.09. The van der Waals surface area contributed by atoms with E-state index in [4.69, 9.17) is 11.6 Å². The van der Waals surface area contributed by atoms with Crippen LogP contribution in [-0.2, 0) is 0 Å². The standard InChI is InChI=1S/C14H8ClFN2/c15-14(11-1-3-12(16)4-2-11)13(9-17)10-5-7-18-8-6-10/h1-8H. The second-order valence-corrected chi connectivity index (χ2v) is 3.92. The minimum absolute atomic E-state index is 0.295. The number of nitriles is 1. The van der Waals surface area contributed by atoms with Crippen LogP contribution >= 0.6 is 11.6 Å². The van der Waals surface area contributed by atoms with Crippen LogP contribution in [0.4, 0.5) is 4.39 Å². The maximum atomic E-state index is 12.8. The number of halogens is 2. The Hall–Kier alpha value is -2.18. The molecule has 0 aliphatic rings. The number of pyridine rings is 1. The summed E-state index contributed by atoms with van der Waals surface area (Å²) in [5.41, 5.74) is 1.62. The van der Waals surface area contributed by atoms with Gasteiger partial charge in [-0.3, -0.25) is 4.98 Å². The highest BCUT2D eigenvalue weighted by atomic mass is 35.5. The summed E-state index contributed by atoms with van der Waals surface area (Å²) in [6, 6.07) is 11.1. The fourth-order valence-electron chi connectivity index (χ4n) is 1.50. The van der Waals surface area contributed by atoms with Gasteiger partial charge in [0.05, 0.1) is 10.6 Å². The van der Waals surface area contributed by atoms with E-state index in [-0.39, 0.29) is 5.82 Å². The van der Waals surface area contributed by atoms with Gasteiger partial charge in [0.2, 0.25) is 0 Å². The van der Waals surface area contributed by atoms with E-state index >= 15 is 0 Å². The molecule has 4 heteroatoms. The van der Waals surface area contributed by atoms with E-state index in [9.17, 15) is 9.65 Å². The van der Waals surface area contributed by atoms with Gasteiger partial charge in [-0.05, 0) is 35.4 Å². The average Bonchev–Trinajstić information content (AvgIpc) is 2.41. The van der Waals surface area contributed by atoms with Gasteiger partial charge in [-0.1, -0.05) is 23.7 Å². The topological polar surface area (TPSA) is 36.7 Å². The molecule has 0 unspecified atom stereocenters. The van der Waals surface area contributed by atoms with Crippen molar-refractivity contribution in [3.8, 4) is 6.07 Å². The summed E-state index contributed by atoms with van der Waals surface area (Å²) in [6.45, 7) is 0. The number of aromatic nitrogens is 1. The molecule has 0 aliphatic heterocycles. The van der Waals surface area contributed by atoms with Gasteiger partial charge >= 0.3 is 0 Å². The lowest BCUT2D eigenvalue weighted by molar-refractivity contribution is 0.628. The molecule has 0 radical (unpaired) electrons. The summed E-state index contributed by atoms with van der Waals surface area (Å²) >= 11 is 6.17. The minimum atomic E-state index is -0.342. The lowest BCUT2D eigenvalue weighted by Gasteiger charge is -2.04.